The minimum Gasteiger partial charge on any atom is -0.478 e. The second-order valence-corrected chi connectivity index (χ2v) is 9.72. The van der Waals surface area contributed by atoms with Gasteiger partial charge in [-0.25, -0.2) is 9.69 Å². The lowest BCUT2D eigenvalue weighted by Crippen LogP contribution is -2.50. The molecule has 1 heterocycles. The van der Waals surface area contributed by atoms with Crippen molar-refractivity contribution in [3.8, 4) is 0 Å². The van der Waals surface area contributed by atoms with Crippen LogP contribution in [-0.2, 0) is 9.59 Å². The zero-order chi connectivity index (χ0) is 20.1. The molecule has 1 aromatic carbocycles. The molecule has 4 rings (SSSR count). The minimum absolute atomic E-state index is 0.00553. The van der Waals surface area contributed by atoms with Gasteiger partial charge in [-0.3, -0.25) is 9.59 Å². The van der Waals surface area contributed by atoms with Crippen LogP contribution in [0.15, 0.2) is 34.3 Å². The molecule has 4 atom stereocenters. The summed E-state index contributed by atoms with van der Waals surface area (Å²) in [4.78, 5) is 34.3. The van der Waals surface area contributed by atoms with E-state index in [9.17, 15) is 14.4 Å². The summed E-state index contributed by atoms with van der Waals surface area (Å²) in [5, 5.41) is 8.65. The van der Waals surface area contributed by atoms with Crippen LogP contribution in [0.1, 0.15) is 10.4 Å². The molecule has 1 aliphatic heterocycles. The number of aromatic carboxylic acids is 1. The molecule has 0 radical (unpaired) electrons. The Morgan fingerprint density at radius 1 is 0.889 bits per heavy atom. The number of carbonyl (C=O) groups excluding carboxylic acids is 2. The first-order valence-corrected chi connectivity index (χ1v) is 9.72. The number of amides is 2. The van der Waals surface area contributed by atoms with E-state index in [0.29, 0.717) is 0 Å². The number of hydrogen-bond donors (Lipinski definition) is 1. The smallest absolute Gasteiger partial charge is 0.335 e. The van der Waals surface area contributed by atoms with Crippen molar-refractivity contribution < 1.29 is 19.5 Å². The fourth-order valence-electron chi connectivity index (χ4n) is 4.00. The monoisotopic (exact) mass is 487 g/mol. The number of anilines is 1. The number of carboxylic acids is 1. The Morgan fingerprint density at radius 2 is 1.30 bits per heavy atom. The van der Waals surface area contributed by atoms with Crippen LogP contribution < -0.4 is 4.90 Å². The SMILES string of the molecule is O=C(O)c1ccc(N2C(=O)[C@H]3[C@H](C2=O)[C@@]2(Cl)C(Cl)=C(Cl)[C@@]3(Cl)C2(Cl)Cl)cc1. The van der Waals surface area contributed by atoms with Crippen molar-refractivity contribution in [2.45, 2.75) is 14.1 Å². The summed E-state index contributed by atoms with van der Waals surface area (Å²) in [6.07, 6.45) is 0. The highest BCUT2D eigenvalue weighted by molar-refractivity contribution is 6.67. The third kappa shape index (κ3) is 1.98. The van der Waals surface area contributed by atoms with Gasteiger partial charge in [-0.2, -0.15) is 0 Å². The molecule has 1 aromatic rings. The van der Waals surface area contributed by atoms with Crippen molar-refractivity contribution in [2.75, 3.05) is 4.90 Å². The molecule has 0 spiro atoms. The number of alkyl halides is 4. The highest BCUT2D eigenvalue weighted by atomic mass is 35.5. The van der Waals surface area contributed by atoms with Gasteiger partial charge in [0.1, 0.15) is 9.75 Å². The number of hydrogen-bond acceptors (Lipinski definition) is 3. The fraction of sp³-hybridized carbons (Fsp3) is 0.312. The first kappa shape index (κ1) is 19.6. The van der Waals surface area contributed by atoms with E-state index in [1.807, 2.05) is 0 Å². The highest BCUT2D eigenvalue weighted by Gasteiger charge is 2.87. The molecule has 1 saturated heterocycles. The summed E-state index contributed by atoms with van der Waals surface area (Å²) in [6.45, 7) is 0. The van der Waals surface area contributed by atoms with Crippen LogP contribution in [0.5, 0.6) is 0 Å². The number of halogens is 6. The number of imide groups is 1. The summed E-state index contributed by atoms with van der Waals surface area (Å²) in [5.41, 5.74) is 0.153. The molecule has 142 valence electrons. The van der Waals surface area contributed by atoms with Crippen molar-refractivity contribution in [3.63, 3.8) is 0 Å². The van der Waals surface area contributed by atoms with Gasteiger partial charge in [-0.1, -0.05) is 46.4 Å². The van der Waals surface area contributed by atoms with Crippen molar-refractivity contribution in [2.24, 2.45) is 11.8 Å². The predicted molar refractivity (Wildman–Crippen MR) is 103 cm³/mol. The Balaban J connectivity index is 1.84. The van der Waals surface area contributed by atoms with Gasteiger partial charge in [-0.05, 0) is 24.3 Å². The zero-order valence-corrected chi connectivity index (χ0v) is 17.4. The zero-order valence-electron chi connectivity index (χ0n) is 12.9. The first-order chi connectivity index (χ1) is 12.4. The van der Waals surface area contributed by atoms with Crippen molar-refractivity contribution in [3.05, 3.63) is 39.9 Å². The van der Waals surface area contributed by atoms with Crippen molar-refractivity contribution in [1.82, 2.24) is 0 Å². The Labute approximate surface area is 182 Å². The van der Waals surface area contributed by atoms with Crippen molar-refractivity contribution >= 4 is 93.1 Å². The van der Waals surface area contributed by atoms with Crippen LogP contribution in [0, 0.1) is 11.8 Å². The molecule has 2 bridgehead atoms. The van der Waals surface area contributed by atoms with E-state index in [2.05, 4.69) is 0 Å². The number of carboxylic acid groups (broad SMARTS) is 1. The molecule has 0 unspecified atom stereocenters. The average molecular weight is 490 g/mol. The molecule has 2 fully saturated rings. The van der Waals surface area contributed by atoms with Crippen LogP contribution in [-0.4, -0.2) is 37.0 Å². The van der Waals surface area contributed by atoms with Gasteiger partial charge in [0.05, 0.1) is 33.2 Å². The molecule has 1 saturated carbocycles. The molecular formula is C16H7Cl6NO4. The standard InChI is InChI=1S/C16H7Cl6NO4/c17-9-10(18)15(20)8-7(14(9,19)16(15,21)22)11(24)23(12(8)25)6-3-1-5(2-4-6)13(26)27/h1-4,7-8H,(H,26,27)/t7-,8-,14-,15-/m1/s1. The molecule has 5 nitrogen and oxygen atoms in total. The lowest BCUT2D eigenvalue weighted by Gasteiger charge is -2.34. The predicted octanol–water partition coefficient (Wildman–Crippen LogP) is 4.34. The molecule has 2 aliphatic carbocycles. The molecule has 0 aromatic heterocycles. The van der Waals surface area contributed by atoms with Gasteiger partial charge in [0, 0.05) is 0 Å². The largest absolute Gasteiger partial charge is 0.478 e. The van der Waals surface area contributed by atoms with Crippen molar-refractivity contribution in [1.29, 1.82) is 0 Å². The summed E-state index contributed by atoms with van der Waals surface area (Å²) >= 11 is 38.4. The summed E-state index contributed by atoms with van der Waals surface area (Å²) in [5.74, 6) is -4.99. The number of nitrogens with zero attached hydrogens (tertiary/aromatic N) is 1. The first-order valence-electron chi connectivity index (χ1n) is 7.45. The molecule has 27 heavy (non-hydrogen) atoms. The minimum atomic E-state index is -1.99. The summed E-state index contributed by atoms with van der Waals surface area (Å²) in [6, 6.07) is 5.18. The number of benzene rings is 1. The average Bonchev–Trinajstić information content (AvgIpc) is 2.99. The summed E-state index contributed by atoms with van der Waals surface area (Å²) < 4.78 is -1.99. The van der Waals surface area contributed by atoms with Crippen LogP contribution in [0.2, 0.25) is 0 Å². The Bertz CT molecular complexity index is 914. The Kier molecular flexibility index (Phi) is 4.13. The molecular weight excluding hydrogens is 483 g/mol. The van der Waals surface area contributed by atoms with E-state index in [1.54, 1.807) is 0 Å². The van der Waals surface area contributed by atoms with Gasteiger partial charge >= 0.3 is 5.97 Å². The third-order valence-corrected chi connectivity index (χ3v) is 9.54. The maximum atomic E-state index is 13.1. The van der Waals surface area contributed by atoms with E-state index in [0.717, 1.165) is 4.90 Å². The number of carbonyl (C=O) groups is 3. The van der Waals surface area contributed by atoms with Crippen LogP contribution in [0.4, 0.5) is 5.69 Å². The maximum absolute atomic E-state index is 13.1. The molecule has 1 N–H and O–H groups in total. The van der Waals surface area contributed by atoms with E-state index in [4.69, 9.17) is 74.7 Å². The lowest BCUT2D eigenvalue weighted by molar-refractivity contribution is -0.123. The van der Waals surface area contributed by atoms with Gasteiger partial charge in [0.15, 0.2) is 4.33 Å². The molecule has 3 aliphatic rings. The number of allylic oxidation sites excluding steroid dienone is 2. The molecule has 11 heteroatoms. The van der Waals surface area contributed by atoms with Crippen LogP contribution in [0.3, 0.4) is 0 Å². The topological polar surface area (TPSA) is 74.7 Å². The van der Waals surface area contributed by atoms with Gasteiger partial charge in [0.25, 0.3) is 0 Å². The Hall–Kier alpha value is -0.690. The Morgan fingerprint density at radius 3 is 1.67 bits per heavy atom. The van der Waals surface area contributed by atoms with E-state index >= 15 is 0 Å². The van der Waals surface area contributed by atoms with Gasteiger partial charge in [0.2, 0.25) is 11.8 Å². The van der Waals surface area contributed by atoms with Crippen LogP contribution >= 0.6 is 69.6 Å². The second kappa shape index (κ2) is 5.68. The molecule has 2 amide bonds. The fourth-order valence-corrected chi connectivity index (χ4v) is 6.93. The number of rotatable bonds is 2. The van der Waals surface area contributed by atoms with E-state index < -0.39 is 43.7 Å². The lowest BCUT2D eigenvalue weighted by atomic mass is 9.84. The maximum Gasteiger partial charge on any atom is 0.335 e. The third-order valence-electron chi connectivity index (χ3n) is 5.28. The second-order valence-electron chi connectivity index (χ2n) is 6.45. The highest BCUT2D eigenvalue weighted by Crippen LogP contribution is 2.77. The quantitative estimate of drug-likeness (QED) is 0.495. The van der Waals surface area contributed by atoms with Crippen LogP contribution in [0.25, 0.3) is 0 Å². The summed E-state index contributed by atoms with van der Waals surface area (Å²) in [7, 11) is 0. The normalized spacial score (nSPS) is 36.6. The van der Waals surface area contributed by atoms with E-state index in [1.165, 1.54) is 24.3 Å². The van der Waals surface area contributed by atoms with Gasteiger partial charge in [-0.15, -0.1) is 23.2 Å². The van der Waals surface area contributed by atoms with E-state index in [-0.39, 0.29) is 21.3 Å². The van der Waals surface area contributed by atoms with Gasteiger partial charge < -0.3 is 5.11 Å². The number of fused-ring (bicyclic) bond motifs is 5.